The second-order valence-electron chi connectivity index (χ2n) is 11.0. The largest absolute Gasteiger partial charge is 0.359 e. The Morgan fingerprint density at radius 1 is 0.881 bits per heavy atom. The molecule has 2 rings (SSSR count). The predicted octanol–water partition coefficient (Wildman–Crippen LogP) is 11.7. The molecule has 0 aromatic heterocycles. The average molecular weight is 576 g/mol. The first-order valence-corrected chi connectivity index (χ1v) is 15.7. The normalized spacial score (nSPS) is 11.0. The molecule has 0 saturated heterocycles. The summed E-state index contributed by atoms with van der Waals surface area (Å²) in [5, 5.41) is 6.34. The summed E-state index contributed by atoms with van der Waals surface area (Å²) in [6.45, 7) is 34.0. The number of nitrogens with one attached hydrogen (secondary N) is 2. The first-order valence-electron chi connectivity index (χ1n) is 15.7. The van der Waals surface area contributed by atoms with Crippen molar-refractivity contribution >= 4 is 29.1 Å². The van der Waals surface area contributed by atoms with Gasteiger partial charge < -0.3 is 10.6 Å². The fourth-order valence-corrected chi connectivity index (χ4v) is 3.46. The van der Waals surface area contributed by atoms with E-state index in [9.17, 15) is 4.79 Å². The molecule has 0 saturated carbocycles. The summed E-state index contributed by atoms with van der Waals surface area (Å²) in [4.78, 5) is 17.7. The number of rotatable bonds is 11. The van der Waals surface area contributed by atoms with E-state index in [1.54, 1.807) is 0 Å². The van der Waals surface area contributed by atoms with Crippen molar-refractivity contribution in [3.63, 3.8) is 0 Å². The van der Waals surface area contributed by atoms with Gasteiger partial charge in [0.25, 0.3) is 5.91 Å². The maximum atomic E-state index is 13.0. The predicted molar refractivity (Wildman–Crippen MR) is 192 cm³/mol. The Bertz CT molecular complexity index is 1120. The molecule has 0 aliphatic carbocycles. The van der Waals surface area contributed by atoms with Crippen LogP contribution in [-0.2, 0) is 4.79 Å². The highest BCUT2D eigenvalue weighted by Gasteiger charge is 2.12. The van der Waals surface area contributed by atoms with E-state index in [-0.39, 0.29) is 11.3 Å². The molecule has 0 aliphatic rings. The Morgan fingerprint density at radius 2 is 1.38 bits per heavy atom. The molecule has 4 nitrogen and oxygen atoms in total. The van der Waals surface area contributed by atoms with Crippen molar-refractivity contribution in [2.45, 2.75) is 109 Å². The van der Waals surface area contributed by atoms with Gasteiger partial charge in [-0.15, -0.1) is 0 Å². The van der Waals surface area contributed by atoms with Crippen molar-refractivity contribution in [3.05, 3.63) is 89.7 Å². The number of anilines is 2. The van der Waals surface area contributed by atoms with Crippen molar-refractivity contribution in [2.24, 2.45) is 10.4 Å². The lowest BCUT2D eigenvalue weighted by molar-refractivity contribution is -0.112. The van der Waals surface area contributed by atoms with Crippen LogP contribution in [0.25, 0.3) is 6.08 Å². The van der Waals surface area contributed by atoms with Crippen molar-refractivity contribution < 1.29 is 4.79 Å². The lowest BCUT2D eigenvalue weighted by Crippen LogP contribution is -2.15. The van der Waals surface area contributed by atoms with E-state index in [0.717, 1.165) is 65.3 Å². The monoisotopic (exact) mass is 575 g/mol. The number of allylic oxidation sites excluding steroid dienone is 1. The molecule has 2 aromatic rings. The van der Waals surface area contributed by atoms with Gasteiger partial charge in [0.05, 0.1) is 0 Å². The molecule has 0 radical (unpaired) electrons. The van der Waals surface area contributed by atoms with E-state index in [1.807, 2.05) is 96.1 Å². The van der Waals surface area contributed by atoms with Gasteiger partial charge in [0, 0.05) is 41.3 Å². The first kappa shape index (κ1) is 40.7. The van der Waals surface area contributed by atoms with E-state index in [0.29, 0.717) is 5.57 Å². The molecule has 42 heavy (non-hydrogen) atoms. The Balaban J connectivity index is 0. The summed E-state index contributed by atoms with van der Waals surface area (Å²) in [5.74, 6) is -0.176. The molecule has 0 atom stereocenters. The second-order valence-corrected chi connectivity index (χ2v) is 11.0. The van der Waals surface area contributed by atoms with Gasteiger partial charge in [-0.2, -0.15) is 0 Å². The molecule has 2 aromatic carbocycles. The molecule has 0 spiro atoms. The maximum Gasteiger partial charge on any atom is 0.255 e. The molecule has 0 aliphatic heterocycles. The third kappa shape index (κ3) is 18.1. The molecular formula is C38H61N3O. The standard InChI is InChI=1S/C31H41N3O.C3H8.2C2H6/c1-9-26(32-19-18-31(6,7)8)20-24(5)33-27-14-16-28(17-15-27)34-30(35)29(22(2)3)21-25-13-11-10-12-23(25)4;1-3-2;2*1-2/h10-17,21,33H,2,5,9,18-20H2,1,3-4,6-8H3,(H,34,35);3H2,1-2H3;2*1-2H3/b29-21+,32-26?;;;. The summed E-state index contributed by atoms with van der Waals surface area (Å²) >= 11 is 0. The summed E-state index contributed by atoms with van der Waals surface area (Å²) in [6.07, 6.45) is 5.85. The van der Waals surface area contributed by atoms with Gasteiger partial charge in [-0.05, 0) is 79.1 Å². The van der Waals surface area contributed by atoms with Gasteiger partial charge in [0.2, 0.25) is 0 Å². The zero-order valence-corrected chi connectivity index (χ0v) is 29.0. The Morgan fingerprint density at radius 3 is 1.83 bits per heavy atom. The van der Waals surface area contributed by atoms with E-state index >= 15 is 0 Å². The number of hydrogen-bond acceptors (Lipinski definition) is 3. The van der Waals surface area contributed by atoms with E-state index in [1.165, 1.54) is 6.42 Å². The molecule has 0 unspecified atom stereocenters. The molecular weight excluding hydrogens is 514 g/mol. The SMILES string of the molecule is C=C(CC(CC)=NCCC(C)(C)C)Nc1ccc(NC(=O)/C(=C/c2ccccc2C)C(=C)C)cc1.CC.CC.CCC. The highest BCUT2D eigenvalue weighted by molar-refractivity contribution is 6.09. The second kappa shape index (κ2) is 23.2. The highest BCUT2D eigenvalue weighted by atomic mass is 16.1. The van der Waals surface area contributed by atoms with Crippen LogP contribution < -0.4 is 10.6 Å². The third-order valence-electron chi connectivity index (χ3n) is 5.68. The van der Waals surface area contributed by atoms with Crippen LogP contribution in [0.5, 0.6) is 0 Å². The quantitative estimate of drug-likeness (QED) is 0.159. The van der Waals surface area contributed by atoms with Crippen LogP contribution in [-0.4, -0.2) is 18.2 Å². The molecule has 0 fully saturated rings. The van der Waals surface area contributed by atoms with E-state index < -0.39 is 0 Å². The number of carbonyl (C=O) groups is 1. The van der Waals surface area contributed by atoms with Crippen molar-refractivity contribution in [2.75, 3.05) is 17.2 Å². The summed E-state index contributed by atoms with van der Waals surface area (Å²) in [5.41, 5.74) is 7.40. The molecule has 0 bridgehead atoms. The van der Waals surface area contributed by atoms with Gasteiger partial charge in [-0.1, -0.05) is 113 Å². The number of carbonyl (C=O) groups excluding carboxylic acids is 1. The van der Waals surface area contributed by atoms with Crippen molar-refractivity contribution in [1.29, 1.82) is 0 Å². The lowest BCUT2D eigenvalue weighted by Gasteiger charge is -2.17. The summed E-state index contributed by atoms with van der Waals surface area (Å²) < 4.78 is 0. The minimum absolute atomic E-state index is 0.176. The molecule has 0 heterocycles. The Labute approximate surface area is 259 Å². The van der Waals surface area contributed by atoms with Crippen LogP contribution in [0.15, 0.2) is 83.5 Å². The minimum atomic E-state index is -0.176. The maximum absolute atomic E-state index is 13.0. The summed E-state index contributed by atoms with van der Waals surface area (Å²) in [6, 6.07) is 15.6. The van der Waals surface area contributed by atoms with Crippen molar-refractivity contribution in [1.82, 2.24) is 0 Å². The van der Waals surface area contributed by atoms with Crippen LogP contribution >= 0.6 is 0 Å². The zero-order chi connectivity index (χ0) is 32.7. The smallest absolute Gasteiger partial charge is 0.255 e. The van der Waals surface area contributed by atoms with Gasteiger partial charge in [-0.25, -0.2) is 0 Å². The van der Waals surface area contributed by atoms with Crippen LogP contribution in [0.3, 0.4) is 0 Å². The number of amides is 1. The number of aliphatic imine (C=N–C) groups is 1. The fourth-order valence-electron chi connectivity index (χ4n) is 3.46. The van der Waals surface area contributed by atoms with Gasteiger partial charge in [0.15, 0.2) is 0 Å². The van der Waals surface area contributed by atoms with Crippen molar-refractivity contribution in [3.8, 4) is 0 Å². The van der Waals surface area contributed by atoms with Gasteiger partial charge >= 0.3 is 0 Å². The van der Waals surface area contributed by atoms with Crippen LogP contribution in [0.4, 0.5) is 11.4 Å². The van der Waals surface area contributed by atoms with Gasteiger partial charge in [0.1, 0.15) is 0 Å². The van der Waals surface area contributed by atoms with Crippen LogP contribution in [0.2, 0.25) is 0 Å². The zero-order valence-electron chi connectivity index (χ0n) is 29.0. The number of aryl methyl sites for hydroxylation is 1. The summed E-state index contributed by atoms with van der Waals surface area (Å²) in [7, 11) is 0. The topological polar surface area (TPSA) is 53.5 Å². The lowest BCUT2D eigenvalue weighted by atomic mass is 9.92. The molecule has 4 heteroatoms. The Hall–Kier alpha value is -3.40. The molecule has 2 N–H and O–H groups in total. The first-order chi connectivity index (χ1) is 19.9. The number of hydrogen-bond donors (Lipinski definition) is 2. The molecule has 234 valence electrons. The number of benzene rings is 2. The van der Waals surface area contributed by atoms with E-state index in [2.05, 4.69) is 65.3 Å². The average Bonchev–Trinajstić information content (AvgIpc) is 2.94. The van der Waals surface area contributed by atoms with Gasteiger partial charge in [-0.3, -0.25) is 9.79 Å². The van der Waals surface area contributed by atoms with Crippen LogP contribution in [0.1, 0.15) is 113 Å². The van der Waals surface area contributed by atoms with E-state index in [4.69, 9.17) is 4.99 Å². The fraction of sp³-hybridized carbons (Fsp3) is 0.474. The Kier molecular flexibility index (Phi) is 22.5. The highest BCUT2D eigenvalue weighted by Crippen LogP contribution is 2.21. The molecule has 1 amide bonds. The number of nitrogens with zero attached hydrogens (tertiary/aromatic N) is 1. The third-order valence-corrected chi connectivity index (χ3v) is 5.68. The van der Waals surface area contributed by atoms with Crippen LogP contribution in [0, 0.1) is 12.3 Å². The minimum Gasteiger partial charge on any atom is -0.359 e.